The number of amides is 1. The lowest BCUT2D eigenvalue weighted by Crippen LogP contribution is -2.40. The Hall–Kier alpha value is -4.59. The van der Waals surface area contributed by atoms with Gasteiger partial charge in [-0.2, -0.15) is 0 Å². The van der Waals surface area contributed by atoms with Crippen LogP contribution in [0.2, 0.25) is 0 Å². The molecule has 3 aromatic carbocycles. The fraction of sp³-hybridized carbons (Fsp3) is 0.343. The quantitative estimate of drug-likeness (QED) is 0.171. The Bertz CT molecular complexity index is 1390. The van der Waals surface area contributed by atoms with E-state index in [-0.39, 0.29) is 17.2 Å². The predicted octanol–water partition coefficient (Wildman–Crippen LogP) is 6.64. The van der Waals surface area contributed by atoms with Crippen LogP contribution in [0, 0.1) is 5.92 Å². The standard InChI is InChI=1S/C35H39NO7/c37-33(36-29-12-7-11-27(23-29)34(38)39)31-24-28(35(40)41)19-20-32(31)43-22-8-10-26-17-15-25(16-18-26)9-3-2-6-21-42-30-13-4-1-5-14-30/h1,3-5,9,13-20,24,27,29H,2,6-8,10-12,21-23H2,(H,36,37)(H,38,39)(H,40,41). The third-order valence-corrected chi connectivity index (χ3v) is 7.51. The van der Waals surface area contributed by atoms with Crippen LogP contribution in [0.3, 0.4) is 0 Å². The molecule has 0 spiro atoms. The van der Waals surface area contributed by atoms with Crippen LogP contribution >= 0.6 is 0 Å². The number of hydrogen-bond donors (Lipinski definition) is 3. The molecule has 0 saturated heterocycles. The maximum Gasteiger partial charge on any atom is 0.335 e. The number of ether oxygens (including phenoxy) is 2. The van der Waals surface area contributed by atoms with Crippen molar-refractivity contribution in [3.05, 3.63) is 101 Å². The minimum Gasteiger partial charge on any atom is -0.494 e. The normalized spacial score (nSPS) is 16.5. The highest BCUT2D eigenvalue weighted by atomic mass is 16.5. The van der Waals surface area contributed by atoms with Gasteiger partial charge >= 0.3 is 11.9 Å². The van der Waals surface area contributed by atoms with Crippen LogP contribution in [0.15, 0.2) is 78.9 Å². The Morgan fingerprint density at radius 2 is 1.65 bits per heavy atom. The minimum absolute atomic E-state index is 0.0146. The highest BCUT2D eigenvalue weighted by Crippen LogP contribution is 2.26. The van der Waals surface area contributed by atoms with Gasteiger partial charge in [0.2, 0.25) is 0 Å². The number of carboxylic acids is 2. The molecule has 1 fully saturated rings. The van der Waals surface area contributed by atoms with Crippen molar-refractivity contribution in [2.75, 3.05) is 13.2 Å². The van der Waals surface area contributed by atoms with Crippen LogP contribution in [0.25, 0.3) is 6.08 Å². The van der Waals surface area contributed by atoms with E-state index in [1.165, 1.54) is 23.8 Å². The second kappa shape index (κ2) is 16.2. The molecule has 0 aliphatic heterocycles. The van der Waals surface area contributed by atoms with Gasteiger partial charge in [-0.3, -0.25) is 9.59 Å². The van der Waals surface area contributed by atoms with Crippen molar-refractivity contribution < 1.29 is 34.1 Å². The molecule has 8 nitrogen and oxygen atoms in total. The van der Waals surface area contributed by atoms with Gasteiger partial charge in [0, 0.05) is 6.04 Å². The average Bonchev–Trinajstić information content (AvgIpc) is 3.02. The van der Waals surface area contributed by atoms with Gasteiger partial charge in [0.05, 0.1) is 30.3 Å². The molecule has 0 bridgehead atoms. The number of allylic oxidation sites excluding steroid dienone is 1. The van der Waals surface area contributed by atoms with Gasteiger partial charge in [0.15, 0.2) is 0 Å². The summed E-state index contributed by atoms with van der Waals surface area (Å²) in [7, 11) is 0. The van der Waals surface area contributed by atoms with Gasteiger partial charge in [-0.15, -0.1) is 0 Å². The zero-order valence-corrected chi connectivity index (χ0v) is 24.2. The monoisotopic (exact) mass is 585 g/mol. The second-order valence-corrected chi connectivity index (χ2v) is 10.8. The molecular weight excluding hydrogens is 546 g/mol. The van der Waals surface area contributed by atoms with Crippen molar-refractivity contribution in [2.45, 2.75) is 57.4 Å². The topological polar surface area (TPSA) is 122 Å². The fourth-order valence-corrected chi connectivity index (χ4v) is 5.16. The number of para-hydroxylation sites is 1. The summed E-state index contributed by atoms with van der Waals surface area (Å²) in [6.07, 6.45) is 9.97. The van der Waals surface area contributed by atoms with Gasteiger partial charge in [0.25, 0.3) is 5.91 Å². The van der Waals surface area contributed by atoms with E-state index >= 15 is 0 Å². The SMILES string of the molecule is O=C(O)c1ccc(OCCCc2ccc(C=CCCCOc3ccccc3)cc2)c(C(=O)NC2CCCC(C(=O)O)C2)c1. The van der Waals surface area contributed by atoms with E-state index in [2.05, 4.69) is 41.7 Å². The smallest absolute Gasteiger partial charge is 0.335 e. The Kier molecular flexibility index (Phi) is 11.8. The number of nitrogens with one attached hydrogen (secondary N) is 1. The molecule has 2 atom stereocenters. The summed E-state index contributed by atoms with van der Waals surface area (Å²) >= 11 is 0. The van der Waals surface area contributed by atoms with Crippen molar-refractivity contribution >= 4 is 23.9 Å². The molecule has 3 aromatic rings. The number of hydrogen-bond acceptors (Lipinski definition) is 5. The molecule has 4 rings (SSSR count). The number of carboxylic acid groups (broad SMARTS) is 2. The number of carbonyl (C=O) groups excluding carboxylic acids is 1. The van der Waals surface area contributed by atoms with E-state index in [0.29, 0.717) is 51.1 Å². The number of aryl methyl sites for hydroxylation is 1. The summed E-state index contributed by atoms with van der Waals surface area (Å²) in [4.78, 5) is 36.1. The Balaban J connectivity index is 1.23. The van der Waals surface area contributed by atoms with Crippen LogP contribution < -0.4 is 14.8 Å². The third kappa shape index (κ3) is 10.0. The number of carbonyl (C=O) groups is 3. The molecule has 2 unspecified atom stereocenters. The molecule has 1 aliphatic carbocycles. The number of rotatable bonds is 15. The molecule has 226 valence electrons. The minimum atomic E-state index is -1.14. The number of unbranched alkanes of at least 4 members (excludes halogenated alkanes) is 1. The van der Waals surface area contributed by atoms with Gasteiger partial charge in [-0.05, 0) is 86.4 Å². The molecule has 1 saturated carbocycles. The lowest BCUT2D eigenvalue weighted by Gasteiger charge is -2.27. The van der Waals surface area contributed by atoms with E-state index in [4.69, 9.17) is 9.47 Å². The van der Waals surface area contributed by atoms with Crippen molar-refractivity contribution in [3.63, 3.8) is 0 Å². The first-order valence-electron chi connectivity index (χ1n) is 14.9. The molecule has 0 heterocycles. The highest BCUT2D eigenvalue weighted by molar-refractivity contribution is 6.00. The zero-order valence-electron chi connectivity index (χ0n) is 24.2. The maximum atomic E-state index is 13.1. The van der Waals surface area contributed by atoms with Crippen molar-refractivity contribution in [2.24, 2.45) is 5.92 Å². The molecular formula is C35H39NO7. The maximum absolute atomic E-state index is 13.1. The van der Waals surface area contributed by atoms with Crippen LogP contribution in [0.1, 0.15) is 76.8 Å². The van der Waals surface area contributed by atoms with E-state index in [0.717, 1.165) is 30.6 Å². The first-order valence-corrected chi connectivity index (χ1v) is 14.9. The van der Waals surface area contributed by atoms with Gasteiger partial charge in [0.1, 0.15) is 11.5 Å². The molecule has 0 aromatic heterocycles. The summed E-state index contributed by atoms with van der Waals surface area (Å²) in [5.74, 6) is -1.75. The lowest BCUT2D eigenvalue weighted by molar-refractivity contribution is -0.143. The summed E-state index contributed by atoms with van der Waals surface area (Å²) in [6, 6.07) is 22.1. The van der Waals surface area contributed by atoms with Gasteiger partial charge in [-0.1, -0.05) is 61.0 Å². The van der Waals surface area contributed by atoms with Crippen LogP contribution in [0.4, 0.5) is 0 Å². The van der Waals surface area contributed by atoms with Crippen molar-refractivity contribution in [1.29, 1.82) is 0 Å². The molecule has 3 N–H and O–H groups in total. The molecule has 1 aliphatic rings. The average molecular weight is 586 g/mol. The lowest BCUT2D eigenvalue weighted by atomic mass is 9.85. The van der Waals surface area contributed by atoms with Crippen LogP contribution in [-0.2, 0) is 11.2 Å². The van der Waals surface area contributed by atoms with Gasteiger partial charge < -0.3 is 25.0 Å². The van der Waals surface area contributed by atoms with Crippen LogP contribution in [0.5, 0.6) is 11.5 Å². The van der Waals surface area contributed by atoms with Crippen LogP contribution in [-0.4, -0.2) is 47.3 Å². The second-order valence-electron chi connectivity index (χ2n) is 10.8. The predicted molar refractivity (Wildman–Crippen MR) is 165 cm³/mol. The molecule has 0 radical (unpaired) electrons. The Labute approximate surface area is 252 Å². The summed E-state index contributed by atoms with van der Waals surface area (Å²) in [6.45, 7) is 1.03. The summed E-state index contributed by atoms with van der Waals surface area (Å²) in [5.41, 5.74) is 2.42. The number of aliphatic carboxylic acids is 1. The van der Waals surface area contributed by atoms with Gasteiger partial charge in [-0.25, -0.2) is 4.79 Å². The van der Waals surface area contributed by atoms with E-state index in [9.17, 15) is 24.6 Å². The zero-order chi connectivity index (χ0) is 30.4. The first-order chi connectivity index (χ1) is 20.9. The fourth-order valence-electron chi connectivity index (χ4n) is 5.16. The largest absolute Gasteiger partial charge is 0.494 e. The van der Waals surface area contributed by atoms with E-state index < -0.39 is 23.8 Å². The Morgan fingerprint density at radius 1 is 0.884 bits per heavy atom. The van der Waals surface area contributed by atoms with E-state index in [1.54, 1.807) is 0 Å². The van der Waals surface area contributed by atoms with Crippen molar-refractivity contribution in [3.8, 4) is 11.5 Å². The number of aromatic carboxylic acids is 1. The molecule has 1 amide bonds. The van der Waals surface area contributed by atoms with E-state index in [1.807, 2.05) is 30.3 Å². The summed E-state index contributed by atoms with van der Waals surface area (Å²) < 4.78 is 11.6. The summed E-state index contributed by atoms with van der Waals surface area (Å²) in [5, 5.41) is 21.7. The number of benzene rings is 3. The third-order valence-electron chi connectivity index (χ3n) is 7.51. The highest BCUT2D eigenvalue weighted by Gasteiger charge is 2.29. The van der Waals surface area contributed by atoms with Crippen molar-refractivity contribution in [1.82, 2.24) is 5.32 Å². The first kappa shape index (κ1) is 31.3. The molecule has 43 heavy (non-hydrogen) atoms. The Morgan fingerprint density at radius 3 is 2.40 bits per heavy atom. The molecule has 8 heteroatoms.